The summed E-state index contributed by atoms with van der Waals surface area (Å²) in [6.45, 7) is 0.227. The highest BCUT2D eigenvalue weighted by molar-refractivity contribution is 5.74. The summed E-state index contributed by atoms with van der Waals surface area (Å²) in [4.78, 5) is 11.5. The molecule has 0 aliphatic carbocycles. The van der Waals surface area contributed by atoms with E-state index >= 15 is 0 Å². The fourth-order valence-corrected chi connectivity index (χ4v) is 1.68. The summed E-state index contributed by atoms with van der Waals surface area (Å²) in [5.41, 5.74) is 0.738. The summed E-state index contributed by atoms with van der Waals surface area (Å²) in [7, 11) is 0. The Morgan fingerprint density at radius 1 is 1.36 bits per heavy atom. The number of nitrogens with one attached hydrogen (secondary N) is 2. The van der Waals surface area contributed by atoms with E-state index in [1.54, 1.807) is 12.1 Å². The number of amides is 2. The van der Waals surface area contributed by atoms with Crippen molar-refractivity contribution in [1.82, 2.24) is 10.6 Å². The molecule has 1 aromatic carbocycles. The molecular weight excluding hydrogens is 304 g/mol. The van der Waals surface area contributed by atoms with Crippen LogP contribution < -0.4 is 10.6 Å². The van der Waals surface area contributed by atoms with E-state index in [0.29, 0.717) is 6.42 Å². The number of ether oxygens (including phenoxy) is 1. The molecule has 0 saturated heterocycles. The second-order valence-corrected chi connectivity index (χ2v) is 4.81. The van der Waals surface area contributed by atoms with Crippen molar-refractivity contribution in [3.8, 4) is 0 Å². The minimum atomic E-state index is -4.38. The maximum atomic E-state index is 12.9. The summed E-state index contributed by atoms with van der Waals surface area (Å²) < 4.78 is 53.0. The Bertz CT molecular complexity index is 480. The highest BCUT2D eigenvalue weighted by Gasteiger charge is 2.27. The van der Waals surface area contributed by atoms with Crippen LogP contribution in [0.3, 0.4) is 0 Å². The van der Waals surface area contributed by atoms with Gasteiger partial charge in [0.1, 0.15) is 12.4 Å². The molecule has 1 atom stereocenters. The van der Waals surface area contributed by atoms with Crippen molar-refractivity contribution in [2.45, 2.75) is 25.6 Å². The second-order valence-electron chi connectivity index (χ2n) is 4.81. The third-order valence-electron chi connectivity index (χ3n) is 2.60. The fraction of sp³-hybridized carbons (Fsp3) is 0.500. The highest BCUT2D eigenvalue weighted by atomic mass is 19.4. The lowest BCUT2D eigenvalue weighted by Gasteiger charge is -2.15. The molecule has 0 aliphatic rings. The van der Waals surface area contributed by atoms with Gasteiger partial charge in [-0.05, 0) is 31.0 Å². The van der Waals surface area contributed by atoms with Gasteiger partial charge in [0.05, 0.1) is 12.6 Å². The van der Waals surface area contributed by atoms with Crippen molar-refractivity contribution in [2.75, 3.05) is 19.8 Å². The third kappa shape index (κ3) is 8.46. The molecule has 22 heavy (non-hydrogen) atoms. The van der Waals surface area contributed by atoms with Crippen LogP contribution in [0.25, 0.3) is 0 Å². The van der Waals surface area contributed by atoms with Crippen LogP contribution in [-0.2, 0) is 11.2 Å². The average molecular weight is 322 g/mol. The van der Waals surface area contributed by atoms with Crippen LogP contribution in [0.5, 0.6) is 0 Å². The van der Waals surface area contributed by atoms with Crippen LogP contribution in [0.15, 0.2) is 24.3 Å². The van der Waals surface area contributed by atoms with Crippen LogP contribution in [-0.4, -0.2) is 38.0 Å². The van der Waals surface area contributed by atoms with Gasteiger partial charge in [-0.25, -0.2) is 9.18 Å². The molecule has 0 aliphatic heterocycles. The number of halogens is 4. The SMILES string of the molecule is CC(COCC(F)(F)F)NC(=O)NCCc1cccc(F)c1. The van der Waals surface area contributed by atoms with E-state index in [-0.39, 0.29) is 19.0 Å². The second kappa shape index (κ2) is 8.57. The van der Waals surface area contributed by atoms with Gasteiger partial charge in [0.25, 0.3) is 0 Å². The van der Waals surface area contributed by atoms with Crippen molar-refractivity contribution < 1.29 is 27.1 Å². The molecule has 1 aromatic rings. The molecule has 0 radical (unpaired) electrons. The first-order valence-electron chi connectivity index (χ1n) is 6.69. The maximum absolute atomic E-state index is 12.9. The summed E-state index contributed by atoms with van der Waals surface area (Å²) in [5.74, 6) is -0.350. The molecule has 2 N–H and O–H groups in total. The van der Waals surface area contributed by atoms with Crippen LogP contribution in [0, 0.1) is 5.82 Å². The standard InChI is InChI=1S/C14H18F4N2O2/c1-10(8-22-9-14(16,17)18)20-13(21)19-6-5-11-3-2-4-12(15)7-11/h2-4,7,10H,5-6,8-9H2,1H3,(H2,19,20,21). The molecular formula is C14H18F4N2O2. The monoisotopic (exact) mass is 322 g/mol. The Morgan fingerprint density at radius 2 is 2.09 bits per heavy atom. The van der Waals surface area contributed by atoms with Crippen molar-refractivity contribution in [3.63, 3.8) is 0 Å². The highest BCUT2D eigenvalue weighted by Crippen LogP contribution is 2.14. The molecule has 0 heterocycles. The number of hydrogen-bond acceptors (Lipinski definition) is 2. The lowest BCUT2D eigenvalue weighted by atomic mass is 10.1. The molecule has 4 nitrogen and oxygen atoms in total. The van der Waals surface area contributed by atoms with E-state index in [4.69, 9.17) is 0 Å². The molecule has 0 fully saturated rings. The topological polar surface area (TPSA) is 50.4 Å². The zero-order valence-corrected chi connectivity index (χ0v) is 12.0. The van der Waals surface area contributed by atoms with Gasteiger partial charge in [-0.1, -0.05) is 12.1 Å². The molecule has 8 heteroatoms. The Kier molecular flexibility index (Phi) is 7.10. The van der Waals surface area contributed by atoms with E-state index in [2.05, 4.69) is 15.4 Å². The largest absolute Gasteiger partial charge is 0.411 e. The number of hydrogen-bond donors (Lipinski definition) is 2. The van der Waals surface area contributed by atoms with Gasteiger partial charge in [0, 0.05) is 6.54 Å². The first kappa shape index (κ1) is 18.2. The maximum Gasteiger partial charge on any atom is 0.411 e. The van der Waals surface area contributed by atoms with E-state index in [1.165, 1.54) is 19.1 Å². The number of carbonyl (C=O) groups is 1. The quantitative estimate of drug-likeness (QED) is 0.758. The third-order valence-corrected chi connectivity index (χ3v) is 2.60. The number of alkyl halides is 3. The minimum Gasteiger partial charge on any atom is -0.370 e. The number of benzene rings is 1. The van der Waals surface area contributed by atoms with Gasteiger partial charge >= 0.3 is 12.2 Å². The van der Waals surface area contributed by atoms with Gasteiger partial charge in [-0.15, -0.1) is 0 Å². The molecule has 1 rings (SSSR count). The molecule has 0 aromatic heterocycles. The van der Waals surface area contributed by atoms with Gasteiger partial charge in [-0.2, -0.15) is 13.2 Å². The molecule has 1 unspecified atom stereocenters. The summed E-state index contributed by atoms with van der Waals surface area (Å²) in [5, 5.41) is 4.99. The molecule has 0 spiro atoms. The predicted octanol–water partition coefficient (Wildman–Crippen LogP) is 2.63. The average Bonchev–Trinajstić information content (AvgIpc) is 2.37. The van der Waals surface area contributed by atoms with Crippen molar-refractivity contribution in [3.05, 3.63) is 35.6 Å². The van der Waals surface area contributed by atoms with Crippen molar-refractivity contribution >= 4 is 6.03 Å². The zero-order chi connectivity index (χ0) is 16.6. The van der Waals surface area contributed by atoms with Crippen LogP contribution in [0.1, 0.15) is 12.5 Å². The Morgan fingerprint density at radius 3 is 2.73 bits per heavy atom. The van der Waals surface area contributed by atoms with Crippen molar-refractivity contribution in [1.29, 1.82) is 0 Å². The predicted molar refractivity (Wildman–Crippen MR) is 73.0 cm³/mol. The lowest BCUT2D eigenvalue weighted by molar-refractivity contribution is -0.174. The Hall–Kier alpha value is -1.83. The van der Waals surface area contributed by atoms with E-state index in [0.717, 1.165) is 5.56 Å². The van der Waals surface area contributed by atoms with E-state index < -0.39 is 24.9 Å². The molecule has 2 amide bonds. The Labute approximate surface area is 125 Å². The first-order valence-corrected chi connectivity index (χ1v) is 6.69. The van der Waals surface area contributed by atoms with Gasteiger partial charge in [-0.3, -0.25) is 0 Å². The van der Waals surface area contributed by atoms with E-state index in [9.17, 15) is 22.4 Å². The molecule has 0 bridgehead atoms. The van der Waals surface area contributed by atoms with E-state index in [1.807, 2.05) is 0 Å². The summed E-state index contributed by atoms with van der Waals surface area (Å²) >= 11 is 0. The van der Waals surface area contributed by atoms with Gasteiger partial charge < -0.3 is 15.4 Å². The number of urea groups is 1. The Balaban J connectivity index is 2.17. The van der Waals surface area contributed by atoms with Gasteiger partial charge in [0.15, 0.2) is 0 Å². The summed E-state index contributed by atoms with van der Waals surface area (Å²) in [6, 6.07) is 4.93. The van der Waals surface area contributed by atoms with Crippen molar-refractivity contribution in [2.24, 2.45) is 0 Å². The molecule has 0 saturated carbocycles. The number of carbonyl (C=O) groups excluding carboxylic acids is 1. The lowest BCUT2D eigenvalue weighted by Crippen LogP contribution is -2.43. The fourth-order valence-electron chi connectivity index (χ4n) is 1.68. The zero-order valence-electron chi connectivity index (χ0n) is 12.0. The molecule has 124 valence electrons. The van der Waals surface area contributed by atoms with Crippen LogP contribution in [0.4, 0.5) is 22.4 Å². The minimum absolute atomic E-state index is 0.239. The van der Waals surface area contributed by atoms with Crippen LogP contribution in [0.2, 0.25) is 0 Å². The smallest absolute Gasteiger partial charge is 0.370 e. The van der Waals surface area contributed by atoms with Crippen LogP contribution >= 0.6 is 0 Å². The summed E-state index contributed by atoms with van der Waals surface area (Å²) in [6.07, 6.45) is -3.93. The first-order chi connectivity index (χ1) is 10.3. The van der Waals surface area contributed by atoms with Gasteiger partial charge in [0.2, 0.25) is 0 Å². The normalized spacial score (nSPS) is 12.8. The number of rotatable bonds is 7.